The van der Waals surface area contributed by atoms with Crippen LogP contribution in [0.1, 0.15) is 18.1 Å². The molecular formula is C20H28IN3OS. The number of aliphatic imine (C=N–C) groups is 1. The second kappa shape index (κ2) is 12.9. The monoisotopic (exact) mass is 485 g/mol. The van der Waals surface area contributed by atoms with Gasteiger partial charge < -0.3 is 10.2 Å². The van der Waals surface area contributed by atoms with E-state index in [0.29, 0.717) is 18.1 Å². The van der Waals surface area contributed by atoms with Gasteiger partial charge in [0.1, 0.15) is 0 Å². The third-order valence-electron chi connectivity index (χ3n) is 3.71. The van der Waals surface area contributed by atoms with Crippen LogP contribution in [0.5, 0.6) is 0 Å². The fourth-order valence-corrected chi connectivity index (χ4v) is 3.49. The molecule has 142 valence electrons. The highest BCUT2D eigenvalue weighted by molar-refractivity contribution is 14.0. The Morgan fingerprint density at radius 2 is 1.62 bits per heavy atom. The van der Waals surface area contributed by atoms with E-state index in [1.54, 1.807) is 0 Å². The molecule has 0 amide bonds. The summed E-state index contributed by atoms with van der Waals surface area (Å²) in [7, 11) is 1.13. The maximum absolute atomic E-state index is 12.2. The molecule has 0 bridgehead atoms. The summed E-state index contributed by atoms with van der Waals surface area (Å²) in [5, 5.41) is 3.30. The lowest BCUT2D eigenvalue weighted by molar-refractivity contribution is 0.477. The van der Waals surface area contributed by atoms with E-state index in [1.165, 1.54) is 5.56 Å². The Bertz CT molecular complexity index is 680. The number of rotatable bonds is 8. The van der Waals surface area contributed by atoms with Gasteiger partial charge in [-0.25, -0.2) is 0 Å². The van der Waals surface area contributed by atoms with Gasteiger partial charge in [-0.05, 0) is 18.1 Å². The normalized spacial score (nSPS) is 12.2. The fourth-order valence-electron chi connectivity index (χ4n) is 2.49. The predicted octanol–water partition coefficient (Wildman–Crippen LogP) is 3.65. The summed E-state index contributed by atoms with van der Waals surface area (Å²) in [6.07, 6.45) is 0. The van der Waals surface area contributed by atoms with Crippen molar-refractivity contribution in [2.24, 2.45) is 4.99 Å². The van der Waals surface area contributed by atoms with E-state index in [4.69, 9.17) is 0 Å². The lowest BCUT2D eigenvalue weighted by atomic mass is 10.2. The minimum absolute atomic E-state index is 0. The van der Waals surface area contributed by atoms with Gasteiger partial charge >= 0.3 is 0 Å². The van der Waals surface area contributed by atoms with Crippen molar-refractivity contribution in [2.75, 3.05) is 25.9 Å². The topological polar surface area (TPSA) is 44.7 Å². The molecule has 0 spiro atoms. The Labute approximate surface area is 176 Å². The summed E-state index contributed by atoms with van der Waals surface area (Å²) in [6.45, 7) is 4.21. The Hall–Kier alpha value is -1.41. The molecule has 1 N–H and O–H groups in total. The standard InChI is InChI=1S/C20H27N3OS.HI/c1-3-21-20(23(2)16-18-10-6-4-7-11-18)22-14-15-25(24)17-19-12-8-5-9-13-19;/h4-13H,3,14-17H2,1-2H3,(H,21,22);1H. The van der Waals surface area contributed by atoms with Crippen molar-refractivity contribution in [3.8, 4) is 0 Å². The molecule has 0 saturated carbocycles. The number of benzene rings is 2. The summed E-state index contributed by atoms with van der Waals surface area (Å²) >= 11 is 0. The van der Waals surface area contributed by atoms with Gasteiger partial charge in [0, 0.05) is 42.4 Å². The number of guanidine groups is 1. The zero-order chi connectivity index (χ0) is 17.9. The van der Waals surface area contributed by atoms with Crippen molar-refractivity contribution in [3.05, 3.63) is 71.8 Å². The molecule has 2 aromatic rings. The molecule has 0 aliphatic heterocycles. The minimum Gasteiger partial charge on any atom is -0.357 e. The number of nitrogens with one attached hydrogen (secondary N) is 1. The van der Waals surface area contributed by atoms with Crippen molar-refractivity contribution in [1.29, 1.82) is 0 Å². The molecule has 26 heavy (non-hydrogen) atoms. The fraction of sp³-hybridized carbons (Fsp3) is 0.350. The molecule has 6 heteroatoms. The maximum Gasteiger partial charge on any atom is 0.193 e. The summed E-state index contributed by atoms with van der Waals surface area (Å²) in [4.78, 5) is 6.73. The zero-order valence-corrected chi connectivity index (χ0v) is 18.6. The van der Waals surface area contributed by atoms with E-state index in [0.717, 1.165) is 24.6 Å². The smallest absolute Gasteiger partial charge is 0.193 e. The number of halogens is 1. The molecule has 0 fully saturated rings. The van der Waals surface area contributed by atoms with E-state index in [9.17, 15) is 4.21 Å². The van der Waals surface area contributed by atoms with Gasteiger partial charge in [-0.3, -0.25) is 9.20 Å². The average Bonchev–Trinajstić information content (AvgIpc) is 2.62. The van der Waals surface area contributed by atoms with Crippen molar-refractivity contribution < 1.29 is 4.21 Å². The third kappa shape index (κ3) is 8.31. The molecule has 1 unspecified atom stereocenters. The first-order valence-corrected chi connectivity index (χ1v) is 10.1. The molecule has 1 atom stereocenters. The molecule has 0 aromatic heterocycles. The lowest BCUT2D eigenvalue weighted by Crippen LogP contribution is -2.38. The minimum atomic E-state index is -0.896. The van der Waals surface area contributed by atoms with Crippen LogP contribution in [0.2, 0.25) is 0 Å². The molecule has 4 nitrogen and oxygen atoms in total. The number of hydrogen-bond donors (Lipinski definition) is 1. The van der Waals surface area contributed by atoms with E-state index >= 15 is 0 Å². The first-order chi connectivity index (χ1) is 12.2. The highest BCUT2D eigenvalue weighted by Crippen LogP contribution is 2.04. The van der Waals surface area contributed by atoms with Crippen molar-refractivity contribution in [1.82, 2.24) is 10.2 Å². The maximum atomic E-state index is 12.2. The molecule has 0 aliphatic carbocycles. The van der Waals surface area contributed by atoms with Crippen LogP contribution >= 0.6 is 24.0 Å². The molecular weight excluding hydrogens is 457 g/mol. The van der Waals surface area contributed by atoms with E-state index < -0.39 is 10.8 Å². The van der Waals surface area contributed by atoms with Gasteiger partial charge in [0.25, 0.3) is 0 Å². The van der Waals surface area contributed by atoms with Gasteiger partial charge in [0.2, 0.25) is 0 Å². The Morgan fingerprint density at radius 1 is 1.04 bits per heavy atom. The van der Waals surface area contributed by atoms with Crippen LogP contribution < -0.4 is 5.32 Å². The zero-order valence-electron chi connectivity index (χ0n) is 15.4. The predicted molar refractivity (Wildman–Crippen MR) is 122 cm³/mol. The van der Waals surface area contributed by atoms with Crippen LogP contribution in [0.4, 0.5) is 0 Å². The van der Waals surface area contributed by atoms with E-state index in [2.05, 4.69) is 34.3 Å². The highest BCUT2D eigenvalue weighted by Gasteiger charge is 2.07. The molecule has 0 radical (unpaired) electrons. The average molecular weight is 485 g/mol. The molecule has 0 saturated heterocycles. The summed E-state index contributed by atoms with van der Waals surface area (Å²) in [5.41, 5.74) is 2.35. The molecule has 0 heterocycles. The van der Waals surface area contributed by atoms with Gasteiger partial charge in [-0.2, -0.15) is 0 Å². The second-order valence-electron chi connectivity index (χ2n) is 5.85. The SMILES string of the molecule is CCNC(=NCCS(=O)Cc1ccccc1)N(C)Cc1ccccc1.I. The van der Waals surface area contributed by atoms with Gasteiger partial charge in [0.05, 0.1) is 6.54 Å². The molecule has 2 rings (SSSR count). The molecule has 0 aliphatic rings. The first-order valence-electron chi connectivity index (χ1n) is 8.61. The van der Waals surface area contributed by atoms with Crippen LogP contribution in [0.25, 0.3) is 0 Å². The first kappa shape index (κ1) is 22.6. The van der Waals surface area contributed by atoms with Crippen LogP contribution in [-0.4, -0.2) is 41.0 Å². The van der Waals surface area contributed by atoms with Crippen LogP contribution in [0.3, 0.4) is 0 Å². The summed E-state index contributed by atoms with van der Waals surface area (Å²) in [6, 6.07) is 20.3. The van der Waals surface area contributed by atoms with Crippen LogP contribution in [0, 0.1) is 0 Å². The number of nitrogens with zero attached hydrogens (tertiary/aromatic N) is 2. The van der Waals surface area contributed by atoms with Gasteiger partial charge in [0.15, 0.2) is 5.96 Å². The van der Waals surface area contributed by atoms with Gasteiger partial charge in [-0.1, -0.05) is 60.7 Å². The lowest BCUT2D eigenvalue weighted by Gasteiger charge is -2.22. The Morgan fingerprint density at radius 3 is 2.19 bits per heavy atom. The van der Waals surface area contributed by atoms with E-state index in [1.807, 2.05) is 55.6 Å². The van der Waals surface area contributed by atoms with Crippen LogP contribution in [0.15, 0.2) is 65.7 Å². The Kier molecular flexibility index (Phi) is 11.2. The largest absolute Gasteiger partial charge is 0.357 e. The summed E-state index contributed by atoms with van der Waals surface area (Å²) < 4.78 is 12.2. The highest BCUT2D eigenvalue weighted by atomic mass is 127. The molecule has 2 aromatic carbocycles. The van der Waals surface area contributed by atoms with Crippen molar-refractivity contribution in [2.45, 2.75) is 19.2 Å². The summed E-state index contributed by atoms with van der Waals surface area (Å²) in [5.74, 6) is 2.01. The van der Waals surface area contributed by atoms with Crippen molar-refractivity contribution >= 4 is 40.7 Å². The van der Waals surface area contributed by atoms with Crippen LogP contribution in [-0.2, 0) is 23.1 Å². The quantitative estimate of drug-likeness (QED) is 0.353. The third-order valence-corrected chi connectivity index (χ3v) is 5.00. The van der Waals surface area contributed by atoms with Crippen molar-refractivity contribution in [3.63, 3.8) is 0 Å². The van der Waals surface area contributed by atoms with Gasteiger partial charge in [-0.15, -0.1) is 24.0 Å². The Balaban J connectivity index is 0.00000338. The second-order valence-corrected chi connectivity index (χ2v) is 7.43. The number of hydrogen-bond acceptors (Lipinski definition) is 2. The van der Waals surface area contributed by atoms with E-state index in [-0.39, 0.29) is 24.0 Å².